The van der Waals surface area contributed by atoms with Crippen molar-refractivity contribution < 1.29 is 4.74 Å². The van der Waals surface area contributed by atoms with Gasteiger partial charge in [0.25, 0.3) is 0 Å². The Hall–Kier alpha value is -0.870. The number of aryl methyl sites for hydroxylation is 1. The van der Waals surface area contributed by atoms with Gasteiger partial charge in [0.1, 0.15) is 0 Å². The maximum atomic E-state index is 5.79. The van der Waals surface area contributed by atoms with Crippen LogP contribution < -0.4 is 5.32 Å². The van der Waals surface area contributed by atoms with Crippen molar-refractivity contribution in [2.75, 3.05) is 13.7 Å². The van der Waals surface area contributed by atoms with Crippen molar-refractivity contribution in [2.45, 2.75) is 58.2 Å². The fourth-order valence-corrected chi connectivity index (χ4v) is 2.72. The molecule has 108 valence electrons. The molecule has 19 heavy (non-hydrogen) atoms. The van der Waals surface area contributed by atoms with Crippen LogP contribution in [0.15, 0.2) is 12.3 Å². The number of nitrogens with zero attached hydrogens (tertiary/aromatic N) is 2. The molecule has 0 spiro atoms. The van der Waals surface area contributed by atoms with Crippen LogP contribution in [0.1, 0.15) is 51.3 Å². The molecule has 1 aliphatic carbocycles. The number of hydrogen-bond acceptors (Lipinski definition) is 3. The third-order valence-electron chi connectivity index (χ3n) is 3.81. The maximum Gasteiger partial charge on any atom is 0.0809 e. The molecular formula is C15H27N3O. The van der Waals surface area contributed by atoms with Crippen LogP contribution in [0.2, 0.25) is 0 Å². The lowest BCUT2D eigenvalue weighted by Crippen LogP contribution is -2.36. The zero-order chi connectivity index (χ0) is 13.7. The second-order valence-corrected chi connectivity index (χ2v) is 5.45. The van der Waals surface area contributed by atoms with Gasteiger partial charge in [0, 0.05) is 19.9 Å². The summed E-state index contributed by atoms with van der Waals surface area (Å²) in [4.78, 5) is 0. The maximum absolute atomic E-state index is 5.79. The van der Waals surface area contributed by atoms with Crippen LogP contribution in [0.3, 0.4) is 0 Å². The largest absolute Gasteiger partial charge is 0.379 e. The molecule has 0 bridgehead atoms. The molecule has 1 N–H and O–H groups in total. The summed E-state index contributed by atoms with van der Waals surface area (Å²) in [5.74, 6) is 0.712. The first kappa shape index (κ1) is 14.5. The van der Waals surface area contributed by atoms with E-state index in [1.54, 1.807) is 0 Å². The molecular weight excluding hydrogens is 238 g/mol. The van der Waals surface area contributed by atoms with Crippen LogP contribution in [-0.2, 0) is 11.3 Å². The van der Waals surface area contributed by atoms with Crippen molar-refractivity contribution in [1.82, 2.24) is 15.1 Å². The average molecular weight is 265 g/mol. The Kier molecular flexibility index (Phi) is 5.40. The van der Waals surface area contributed by atoms with Gasteiger partial charge in [-0.2, -0.15) is 5.10 Å². The predicted molar refractivity (Wildman–Crippen MR) is 77.1 cm³/mol. The van der Waals surface area contributed by atoms with Crippen molar-refractivity contribution >= 4 is 0 Å². The summed E-state index contributed by atoms with van der Waals surface area (Å²) in [5, 5.41) is 8.11. The normalized spacial score (nSPS) is 18.5. The Bertz CT molecular complexity index is 373. The summed E-state index contributed by atoms with van der Waals surface area (Å²) < 4.78 is 7.91. The van der Waals surface area contributed by atoms with Crippen molar-refractivity contribution in [3.05, 3.63) is 18.0 Å². The Morgan fingerprint density at radius 1 is 1.42 bits per heavy atom. The number of nitrogens with one attached hydrogen (secondary N) is 1. The predicted octanol–water partition coefficient (Wildman–Crippen LogP) is 2.76. The molecule has 0 aliphatic heterocycles. The van der Waals surface area contributed by atoms with Crippen molar-refractivity contribution in [3.63, 3.8) is 0 Å². The van der Waals surface area contributed by atoms with Gasteiger partial charge in [-0.05, 0) is 44.2 Å². The van der Waals surface area contributed by atoms with Crippen LogP contribution in [-0.4, -0.2) is 29.5 Å². The average Bonchev–Trinajstić information content (AvgIpc) is 3.15. The van der Waals surface area contributed by atoms with Gasteiger partial charge in [-0.15, -0.1) is 0 Å². The minimum absolute atomic E-state index is 0.270. The first-order valence-corrected chi connectivity index (χ1v) is 7.59. The zero-order valence-corrected chi connectivity index (χ0v) is 12.4. The first-order chi connectivity index (χ1) is 9.31. The second-order valence-electron chi connectivity index (χ2n) is 5.45. The van der Waals surface area contributed by atoms with E-state index in [0.29, 0.717) is 5.92 Å². The summed E-state index contributed by atoms with van der Waals surface area (Å²) in [6.45, 7) is 6.39. The highest BCUT2D eigenvalue weighted by Gasteiger charge is 2.38. The highest BCUT2D eigenvalue weighted by molar-refractivity contribution is 5.11. The van der Waals surface area contributed by atoms with Gasteiger partial charge in [0.2, 0.25) is 0 Å². The van der Waals surface area contributed by atoms with E-state index in [1.165, 1.54) is 18.5 Å². The Morgan fingerprint density at radius 2 is 2.21 bits per heavy atom. The summed E-state index contributed by atoms with van der Waals surface area (Å²) in [6, 6.07) is 2.41. The van der Waals surface area contributed by atoms with Gasteiger partial charge < -0.3 is 10.1 Å². The molecule has 4 nitrogen and oxygen atoms in total. The van der Waals surface area contributed by atoms with Crippen molar-refractivity contribution in [1.29, 1.82) is 0 Å². The van der Waals surface area contributed by atoms with E-state index in [1.807, 2.05) is 13.3 Å². The molecule has 1 aliphatic rings. The Labute approximate surface area is 116 Å². The summed E-state index contributed by atoms with van der Waals surface area (Å²) in [6.07, 6.45) is 7.02. The Morgan fingerprint density at radius 3 is 2.79 bits per heavy atom. The lowest BCUT2D eigenvalue weighted by atomic mass is 10.0. The molecule has 1 aromatic heterocycles. The van der Waals surface area contributed by atoms with E-state index in [9.17, 15) is 0 Å². The fourth-order valence-electron chi connectivity index (χ4n) is 2.72. The topological polar surface area (TPSA) is 39.1 Å². The zero-order valence-electron chi connectivity index (χ0n) is 12.4. The highest BCUT2D eigenvalue weighted by atomic mass is 16.5. The SMILES string of the molecule is CCCNC(c1ccnn1CCC)C(OC)C1CC1. The van der Waals surface area contributed by atoms with Gasteiger partial charge in [0.15, 0.2) is 0 Å². The molecule has 1 fully saturated rings. The van der Waals surface area contributed by atoms with Gasteiger partial charge in [-0.1, -0.05) is 13.8 Å². The van der Waals surface area contributed by atoms with Gasteiger partial charge in [-0.3, -0.25) is 4.68 Å². The number of rotatable bonds is 9. The summed E-state index contributed by atoms with van der Waals surface area (Å²) in [5.41, 5.74) is 1.27. The number of methoxy groups -OCH3 is 1. The third kappa shape index (κ3) is 3.57. The number of hydrogen-bond donors (Lipinski definition) is 1. The molecule has 0 saturated heterocycles. The van der Waals surface area contributed by atoms with Gasteiger partial charge in [-0.25, -0.2) is 0 Å². The van der Waals surface area contributed by atoms with Crippen LogP contribution in [0, 0.1) is 5.92 Å². The van der Waals surface area contributed by atoms with E-state index in [2.05, 4.69) is 35.0 Å². The van der Waals surface area contributed by atoms with Gasteiger partial charge >= 0.3 is 0 Å². The lowest BCUT2D eigenvalue weighted by Gasteiger charge is -2.28. The lowest BCUT2D eigenvalue weighted by molar-refractivity contribution is 0.0479. The molecule has 1 saturated carbocycles. The van der Waals surface area contributed by atoms with E-state index in [0.717, 1.165) is 25.9 Å². The van der Waals surface area contributed by atoms with Crippen LogP contribution in [0.4, 0.5) is 0 Å². The molecule has 2 unspecified atom stereocenters. The smallest absolute Gasteiger partial charge is 0.0809 e. The van der Waals surface area contributed by atoms with Crippen LogP contribution in [0.5, 0.6) is 0 Å². The fraction of sp³-hybridized carbons (Fsp3) is 0.800. The van der Waals surface area contributed by atoms with Crippen LogP contribution in [0.25, 0.3) is 0 Å². The molecule has 0 aromatic carbocycles. The van der Waals surface area contributed by atoms with Gasteiger partial charge in [0.05, 0.1) is 17.8 Å². The van der Waals surface area contributed by atoms with E-state index in [4.69, 9.17) is 4.74 Å². The summed E-state index contributed by atoms with van der Waals surface area (Å²) in [7, 11) is 1.84. The third-order valence-corrected chi connectivity index (χ3v) is 3.81. The van der Waals surface area contributed by atoms with E-state index >= 15 is 0 Å². The minimum atomic E-state index is 0.270. The second kappa shape index (κ2) is 7.06. The molecule has 2 atom stereocenters. The molecule has 1 aromatic rings. The summed E-state index contributed by atoms with van der Waals surface area (Å²) >= 11 is 0. The molecule has 0 amide bonds. The standard InChI is InChI=1S/C15H27N3O/c1-4-9-16-14(15(19-3)12-6-7-12)13-8-10-17-18(13)11-5-2/h8,10,12,14-16H,4-7,9,11H2,1-3H3. The number of aromatic nitrogens is 2. The highest BCUT2D eigenvalue weighted by Crippen LogP contribution is 2.39. The molecule has 1 heterocycles. The quantitative estimate of drug-likeness (QED) is 0.746. The molecule has 4 heteroatoms. The first-order valence-electron chi connectivity index (χ1n) is 7.59. The number of ether oxygens (including phenoxy) is 1. The minimum Gasteiger partial charge on any atom is -0.379 e. The van der Waals surface area contributed by atoms with E-state index in [-0.39, 0.29) is 12.1 Å². The monoisotopic (exact) mass is 265 g/mol. The van der Waals surface area contributed by atoms with Crippen LogP contribution >= 0.6 is 0 Å². The Balaban J connectivity index is 2.17. The molecule has 2 rings (SSSR count). The van der Waals surface area contributed by atoms with Crippen molar-refractivity contribution in [3.8, 4) is 0 Å². The van der Waals surface area contributed by atoms with E-state index < -0.39 is 0 Å². The molecule has 0 radical (unpaired) electrons. The van der Waals surface area contributed by atoms with Crippen molar-refractivity contribution in [2.24, 2.45) is 5.92 Å².